The number of rotatable bonds is 5. The number of hydrogen-bond acceptors (Lipinski definition) is 3. The highest BCUT2D eigenvalue weighted by molar-refractivity contribution is 14.0. The second-order valence-corrected chi connectivity index (χ2v) is 4.90. The van der Waals surface area contributed by atoms with Gasteiger partial charge in [-0.2, -0.15) is 0 Å². The highest BCUT2D eigenvalue weighted by Gasteiger charge is 2.02. The Hall–Kier alpha value is -1.15. The third kappa shape index (κ3) is 5.56. The number of aliphatic imine (C=N–C) groups is 1. The Labute approximate surface area is 134 Å². The molecule has 0 spiro atoms. The van der Waals surface area contributed by atoms with Crippen molar-refractivity contribution >= 4 is 41.3 Å². The molecule has 0 aliphatic heterocycles. The van der Waals surface area contributed by atoms with E-state index in [1.165, 1.54) is 5.56 Å². The van der Waals surface area contributed by atoms with Crippen LogP contribution >= 0.6 is 35.3 Å². The van der Waals surface area contributed by atoms with E-state index < -0.39 is 0 Å². The molecule has 19 heavy (non-hydrogen) atoms. The minimum absolute atomic E-state index is 0. The highest BCUT2D eigenvalue weighted by atomic mass is 127. The van der Waals surface area contributed by atoms with Crippen LogP contribution in [0.15, 0.2) is 40.7 Å². The first-order valence-electron chi connectivity index (χ1n) is 5.76. The molecule has 0 aliphatic carbocycles. The summed E-state index contributed by atoms with van der Waals surface area (Å²) in [5.41, 5.74) is 12.8. The van der Waals surface area contributed by atoms with Crippen molar-refractivity contribution in [1.82, 2.24) is 4.98 Å². The Kier molecular flexibility index (Phi) is 6.79. The van der Waals surface area contributed by atoms with Crippen LogP contribution in [0.5, 0.6) is 0 Å². The molecule has 0 radical (unpaired) electrons. The van der Waals surface area contributed by atoms with Crippen LogP contribution in [0.1, 0.15) is 16.3 Å². The van der Waals surface area contributed by atoms with E-state index in [2.05, 4.69) is 34.2 Å². The fourth-order valence-electron chi connectivity index (χ4n) is 1.60. The third-order valence-corrected chi connectivity index (χ3v) is 3.45. The number of aromatic nitrogens is 1. The largest absolute Gasteiger partial charge is 0.370 e. The van der Waals surface area contributed by atoms with Gasteiger partial charge in [-0.05, 0) is 12.0 Å². The predicted octanol–water partition coefficient (Wildman–Crippen LogP) is 2.32. The summed E-state index contributed by atoms with van der Waals surface area (Å²) >= 11 is 1.66. The molecule has 2 rings (SSSR count). The van der Waals surface area contributed by atoms with Gasteiger partial charge in [-0.3, -0.25) is 0 Å². The molecule has 1 aromatic carbocycles. The zero-order valence-electron chi connectivity index (χ0n) is 10.5. The van der Waals surface area contributed by atoms with Crippen molar-refractivity contribution in [2.75, 3.05) is 0 Å². The topological polar surface area (TPSA) is 77.3 Å². The van der Waals surface area contributed by atoms with Crippen LogP contribution in [0.4, 0.5) is 0 Å². The van der Waals surface area contributed by atoms with Crippen molar-refractivity contribution in [3.63, 3.8) is 0 Å². The number of benzene rings is 1. The molecular weight excluding hydrogens is 371 g/mol. The number of halogens is 1. The Morgan fingerprint density at radius 3 is 2.58 bits per heavy atom. The van der Waals surface area contributed by atoms with Gasteiger partial charge in [-0.25, -0.2) is 9.98 Å². The molecule has 0 bridgehead atoms. The Bertz CT molecular complexity index is 520. The molecule has 1 aromatic heterocycles. The lowest BCUT2D eigenvalue weighted by atomic mass is 10.1. The lowest BCUT2D eigenvalue weighted by molar-refractivity contribution is 0.912. The Balaban J connectivity index is 0.00000180. The minimum Gasteiger partial charge on any atom is -0.370 e. The molecule has 0 saturated carbocycles. The molecule has 6 heteroatoms. The van der Waals surface area contributed by atoms with E-state index in [4.69, 9.17) is 11.5 Å². The zero-order valence-corrected chi connectivity index (χ0v) is 13.6. The van der Waals surface area contributed by atoms with E-state index in [0.717, 1.165) is 23.5 Å². The number of nitrogens with zero attached hydrogens (tertiary/aromatic N) is 2. The molecule has 0 aliphatic rings. The minimum atomic E-state index is 0. The SMILES string of the molecule is I.NC(N)=NCc1csc(CCc2ccccc2)n1. The van der Waals surface area contributed by atoms with Crippen LogP contribution in [-0.2, 0) is 19.4 Å². The summed E-state index contributed by atoms with van der Waals surface area (Å²) in [5.74, 6) is 0.105. The van der Waals surface area contributed by atoms with E-state index >= 15 is 0 Å². The lowest BCUT2D eigenvalue weighted by Gasteiger charge is -1.97. The maximum Gasteiger partial charge on any atom is 0.186 e. The summed E-state index contributed by atoms with van der Waals surface area (Å²) in [6.45, 7) is 0.462. The fraction of sp³-hybridized carbons (Fsp3) is 0.231. The zero-order chi connectivity index (χ0) is 12.8. The van der Waals surface area contributed by atoms with Crippen LogP contribution in [0.3, 0.4) is 0 Å². The fourth-order valence-corrected chi connectivity index (χ4v) is 2.39. The summed E-state index contributed by atoms with van der Waals surface area (Å²) in [6.07, 6.45) is 1.96. The van der Waals surface area contributed by atoms with Gasteiger partial charge in [0.15, 0.2) is 5.96 Å². The summed E-state index contributed by atoms with van der Waals surface area (Å²) < 4.78 is 0. The average molecular weight is 388 g/mol. The summed E-state index contributed by atoms with van der Waals surface area (Å²) in [5, 5.41) is 3.13. The molecular formula is C13H17IN4S. The van der Waals surface area contributed by atoms with Gasteiger partial charge in [0, 0.05) is 11.8 Å². The second kappa shape index (κ2) is 8.11. The molecule has 1 heterocycles. The van der Waals surface area contributed by atoms with Gasteiger partial charge in [-0.15, -0.1) is 35.3 Å². The standard InChI is InChI=1S/C13H16N4S.HI/c14-13(15)16-8-11-9-18-12(17-11)7-6-10-4-2-1-3-5-10;/h1-5,9H,6-8H2,(H4,14,15,16);1H. The van der Waals surface area contributed by atoms with Gasteiger partial charge in [0.25, 0.3) is 0 Å². The van der Waals surface area contributed by atoms with E-state index in [1.807, 2.05) is 11.4 Å². The Morgan fingerprint density at radius 1 is 1.16 bits per heavy atom. The van der Waals surface area contributed by atoms with Crippen LogP contribution in [0, 0.1) is 0 Å². The Morgan fingerprint density at radius 2 is 1.89 bits per heavy atom. The van der Waals surface area contributed by atoms with Crippen molar-refractivity contribution in [3.8, 4) is 0 Å². The van der Waals surface area contributed by atoms with Crippen molar-refractivity contribution < 1.29 is 0 Å². The maximum absolute atomic E-state index is 5.29. The first-order chi connectivity index (χ1) is 8.74. The number of aryl methyl sites for hydroxylation is 2. The van der Waals surface area contributed by atoms with Gasteiger partial charge in [0.2, 0.25) is 0 Å². The summed E-state index contributed by atoms with van der Waals surface area (Å²) in [6, 6.07) is 10.4. The third-order valence-electron chi connectivity index (χ3n) is 2.49. The molecule has 4 nitrogen and oxygen atoms in total. The first-order valence-corrected chi connectivity index (χ1v) is 6.64. The monoisotopic (exact) mass is 388 g/mol. The molecule has 0 amide bonds. The van der Waals surface area contributed by atoms with Gasteiger partial charge >= 0.3 is 0 Å². The number of thiazole rings is 1. The van der Waals surface area contributed by atoms with Crippen molar-refractivity contribution in [1.29, 1.82) is 0 Å². The number of nitrogens with two attached hydrogens (primary N) is 2. The molecule has 0 unspecified atom stereocenters. The summed E-state index contributed by atoms with van der Waals surface area (Å²) in [4.78, 5) is 8.44. The van der Waals surface area contributed by atoms with Gasteiger partial charge in [0.05, 0.1) is 17.2 Å². The smallest absolute Gasteiger partial charge is 0.186 e. The van der Waals surface area contributed by atoms with Gasteiger partial charge < -0.3 is 11.5 Å². The average Bonchev–Trinajstić information content (AvgIpc) is 2.83. The van der Waals surface area contributed by atoms with Crippen molar-refractivity contribution in [2.24, 2.45) is 16.5 Å². The van der Waals surface area contributed by atoms with Gasteiger partial charge in [-0.1, -0.05) is 30.3 Å². The summed E-state index contributed by atoms with van der Waals surface area (Å²) in [7, 11) is 0. The molecule has 102 valence electrons. The van der Waals surface area contributed by atoms with Crippen molar-refractivity contribution in [2.45, 2.75) is 19.4 Å². The van der Waals surface area contributed by atoms with Gasteiger partial charge in [0.1, 0.15) is 0 Å². The highest BCUT2D eigenvalue weighted by Crippen LogP contribution is 2.13. The molecule has 2 aromatic rings. The second-order valence-electron chi connectivity index (χ2n) is 3.96. The quantitative estimate of drug-likeness (QED) is 0.469. The predicted molar refractivity (Wildman–Crippen MR) is 90.9 cm³/mol. The van der Waals surface area contributed by atoms with Crippen LogP contribution in [0.2, 0.25) is 0 Å². The van der Waals surface area contributed by atoms with Crippen LogP contribution < -0.4 is 11.5 Å². The number of hydrogen-bond donors (Lipinski definition) is 2. The van der Waals surface area contributed by atoms with E-state index in [-0.39, 0.29) is 29.9 Å². The van der Waals surface area contributed by atoms with Crippen molar-refractivity contribution in [3.05, 3.63) is 52.0 Å². The maximum atomic E-state index is 5.29. The number of guanidine groups is 1. The van der Waals surface area contributed by atoms with E-state index in [9.17, 15) is 0 Å². The molecule has 0 saturated heterocycles. The van der Waals surface area contributed by atoms with Crippen LogP contribution in [0.25, 0.3) is 0 Å². The van der Waals surface area contributed by atoms with E-state index in [1.54, 1.807) is 11.3 Å². The lowest BCUT2D eigenvalue weighted by Crippen LogP contribution is -2.22. The normalized spacial score (nSPS) is 9.68. The first kappa shape index (κ1) is 15.9. The molecule has 0 atom stereocenters. The van der Waals surface area contributed by atoms with E-state index in [0.29, 0.717) is 6.54 Å². The van der Waals surface area contributed by atoms with Crippen LogP contribution in [-0.4, -0.2) is 10.9 Å². The molecule has 4 N–H and O–H groups in total. The molecule has 0 fully saturated rings.